The van der Waals surface area contributed by atoms with E-state index in [2.05, 4.69) is 38.0 Å². The largest absolute Gasteiger partial charge is 0.340 e. The molecule has 0 aliphatic carbocycles. The van der Waals surface area contributed by atoms with E-state index in [1.54, 1.807) is 12.4 Å². The van der Waals surface area contributed by atoms with Crippen LogP contribution < -0.4 is 10.6 Å². The third kappa shape index (κ3) is 3.27. The van der Waals surface area contributed by atoms with Crippen molar-refractivity contribution in [2.45, 2.75) is 13.1 Å². The number of hydrogen-bond donors (Lipinski definition) is 1. The summed E-state index contributed by atoms with van der Waals surface area (Å²) in [6.07, 6.45) is 3.53. The van der Waals surface area contributed by atoms with Gasteiger partial charge in [-0.15, -0.1) is 0 Å². The van der Waals surface area contributed by atoms with Crippen LogP contribution in [0.25, 0.3) is 0 Å². The van der Waals surface area contributed by atoms with Crippen LogP contribution in [0.1, 0.15) is 11.1 Å². The van der Waals surface area contributed by atoms with Crippen LogP contribution in [0.4, 0.5) is 5.95 Å². The summed E-state index contributed by atoms with van der Waals surface area (Å²) in [6.45, 7) is 1.24. The number of aromatic nitrogens is 2. The highest BCUT2D eigenvalue weighted by Crippen LogP contribution is 2.14. The molecule has 0 saturated carbocycles. The predicted molar refractivity (Wildman–Crippen MR) is 76.2 cm³/mol. The molecule has 2 rings (SSSR count). The Morgan fingerprint density at radius 1 is 1.11 bits per heavy atom. The van der Waals surface area contributed by atoms with Crippen molar-refractivity contribution in [2.75, 3.05) is 11.9 Å². The van der Waals surface area contributed by atoms with E-state index in [0.29, 0.717) is 12.5 Å². The highest BCUT2D eigenvalue weighted by molar-refractivity contribution is 9.10. The fraction of sp³-hybridized carbons (Fsp3) is 0.231. The van der Waals surface area contributed by atoms with Crippen molar-refractivity contribution in [1.29, 1.82) is 0 Å². The van der Waals surface area contributed by atoms with Crippen molar-refractivity contribution in [1.82, 2.24) is 9.97 Å². The van der Waals surface area contributed by atoms with Gasteiger partial charge in [0.2, 0.25) is 5.95 Å². The van der Waals surface area contributed by atoms with E-state index < -0.39 is 0 Å². The number of hydrogen-bond acceptors (Lipinski definition) is 4. The van der Waals surface area contributed by atoms with Crippen LogP contribution in [-0.4, -0.2) is 17.0 Å². The molecule has 2 aromatic rings. The number of rotatable bonds is 4. The van der Waals surface area contributed by atoms with Gasteiger partial charge in [0.25, 0.3) is 0 Å². The average Bonchev–Trinajstić information content (AvgIpc) is 2.41. The van der Waals surface area contributed by atoms with Crippen molar-refractivity contribution < 1.29 is 0 Å². The molecule has 1 aromatic heterocycles. The molecule has 94 valence electrons. The molecule has 1 aromatic carbocycles. The molecule has 0 amide bonds. The number of nitrogens with two attached hydrogens (primary N) is 1. The van der Waals surface area contributed by atoms with Gasteiger partial charge in [-0.1, -0.05) is 28.1 Å². The first-order valence-corrected chi connectivity index (χ1v) is 6.45. The number of benzene rings is 1. The first kappa shape index (κ1) is 13.0. The van der Waals surface area contributed by atoms with Gasteiger partial charge in [0.05, 0.1) is 0 Å². The minimum absolute atomic E-state index is 0.469. The van der Waals surface area contributed by atoms with Crippen molar-refractivity contribution in [3.05, 3.63) is 52.3 Å². The Balaban J connectivity index is 2.06. The predicted octanol–water partition coefficient (Wildman–Crippen LogP) is 2.33. The Hall–Kier alpha value is -1.46. The average molecular weight is 307 g/mol. The lowest BCUT2D eigenvalue weighted by atomic mass is 10.2. The fourth-order valence-corrected chi connectivity index (χ4v) is 1.85. The first-order chi connectivity index (χ1) is 8.69. The molecule has 0 spiro atoms. The van der Waals surface area contributed by atoms with Crippen molar-refractivity contribution in [3.63, 3.8) is 0 Å². The fourth-order valence-electron chi connectivity index (χ4n) is 1.58. The van der Waals surface area contributed by atoms with Gasteiger partial charge in [-0.25, -0.2) is 9.97 Å². The minimum atomic E-state index is 0.469. The van der Waals surface area contributed by atoms with Crippen LogP contribution in [0, 0.1) is 0 Å². The van der Waals surface area contributed by atoms with E-state index >= 15 is 0 Å². The Bertz CT molecular complexity index is 495. The Kier molecular flexibility index (Phi) is 4.28. The molecule has 1 heterocycles. The molecule has 0 aliphatic rings. The lowest BCUT2D eigenvalue weighted by molar-refractivity contribution is 0.857. The summed E-state index contributed by atoms with van der Waals surface area (Å²) in [6, 6.07) is 8.22. The molecule has 0 atom stereocenters. The van der Waals surface area contributed by atoms with Crippen molar-refractivity contribution >= 4 is 21.9 Å². The van der Waals surface area contributed by atoms with Gasteiger partial charge < -0.3 is 10.6 Å². The summed E-state index contributed by atoms with van der Waals surface area (Å²) in [5.74, 6) is 0.704. The topological polar surface area (TPSA) is 55.0 Å². The molecular formula is C13H15BrN4. The molecule has 4 nitrogen and oxygen atoms in total. The van der Waals surface area contributed by atoms with E-state index in [9.17, 15) is 0 Å². The Morgan fingerprint density at radius 2 is 1.72 bits per heavy atom. The second-order valence-electron chi connectivity index (χ2n) is 4.08. The van der Waals surface area contributed by atoms with Crippen molar-refractivity contribution in [3.8, 4) is 0 Å². The molecule has 0 aliphatic heterocycles. The third-order valence-electron chi connectivity index (χ3n) is 2.60. The monoisotopic (exact) mass is 306 g/mol. The zero-order valence-electron chi connectivity index (χ0n) is 10.2. The van der Waals surface area contributed by atoms with Crippen LogP contribution in [0.5, 0.6) is 0 Å². The van der Waals surface area contributed by atoms with Gasteiger partial charge in [0, 0.05) is 42.6 Å². The molecule has 0 saturated heterocycles. The zero-order valence-corrected chi connectivity index (χ0v) is 11.8. The Labute approximate surface area is 115 Å². The van der Waals surface area contributed by atoms with Crippen LogP contribution in [0.2, 0.25) is 0 Å². The van der Waals surface area contributed by atoms with E-state index in [4.69, 9.17) is 5.73 Å². The van der Waals surface area contributed by atoms with E-state index in [1.165, 1.54) is 5.56 Å². The second-order valence-corrected chi connectivity index (χ2v) is 4.99. The van der Waals surface area contributed by atoms with Gasteiger partial charge in [-0.05, 0) is 17.7 Å². The molecule has 0 bridgehead atoms. The van der Waals surface area contributed by atoms with Crippen LogP contribution in [0.15, 0.2) is 41.1 Å². The number of nitrogens with zero attached hydrogens (tertiary/aromatic N) is 3. The molecule has 0 fully saturated rings. The van der Waals surface area contributed by atoms with E-state index in [0.717, 1.165) is 16.6 Å². The maximum Gasteiger partial charge on any atom is 0.225 e. The van der Waals surface area contributed by atoms with Crippen LogP contribution in [0.3, 0.4) is 0 Å². The number of anilines is 1. The smallest absolute Gasteiger partial charge is 0.225 e. The van der Waals surface area contributed by atoms with Crippen LogP contribution in [-0.2, 0) is 13.1 Å². The van der Waals surface area contributed by atoms with E-state index in [-0.39, 0.29) is 0 Å². The maximum absolute atomic E-state index is 5.52. The van der Waals surface area contributed by atoms with Gasteiger partial charge in [0.15, 0.2) is 0 Å². The van der Waals surface area contributed by atoms with Crippen molar-refractivity contribution in [2.24, 2.45) is 5.73 Å². The summed E-state index contributed by atoms with van der Waals surface area (Å²) in [5, 5.41) is 0. The Morgan fingerprint density at radius 3 is 2.28 bits per heavy atom. The van der Waals surface area contributed by atoms with E-state index in [1.807, 2.05) is 24.1 Å². The molecule has 0 radical (unpaired) electrons. The highest BCUT2D eigenvalue weighted by Gasteiger charge is 2.05. The SMILES string of the molecule is CN(Cc1ccc(Br)cc1)c1ncc(CN)cn1. The maximum atomic E-state index is 5.52. The third-order valence-corrected chi connectivity index (χ3v) is 3.13. The van der Waals surface area contributed by atoms with Gasteiger partial charge >= 0.3 is 0 Å². The number of halogens is 1. The standard InChI is InChI=1S/C13H15BrN4/c1-18(9-10-2-4-12(14)5-3-10)13-16-7-11(6-15)8-17-13/h2-5,7-8H,6,9,15H2,1H3. The summed E-state index contributed by atoms with van der Waals surface area (Å²) in [4.78, 5) is 10.6. The minimum Gasteiger partial charge on any atom is -0.340 e. The molecular weight excluding hydrogens is 292 g/mol. The highest BCUT2D eigenvalue weighted by atomic mass is 79.9. The zero-order chi connectivity index (χ0) is 13.0. The quantitative estimate of drug-likeness (QED) is 0.942. The lowest BCUT2D eigenvalue weighted by Crippen LogP contribution is -2.19. The summed E-state index contributed by atoms with van der Waals surface area (Å²) < 4.78 is 1.08. The summed E-state index contributed by atoms with van der Waals surface area (Å²) in [7, 11) is 1.97. The van der Waals surface area contributed by atoms with Gasteiger partial charge in [-0.3, -0.25) is 0 Å². The first-order valence-electron chi connectivity index (χ1n) is 5.65. The lowest BCUT2D eigenvalue weighted by Gasteiger charge is -2.17. The summed E-state index contributed by atoms with van der Waals surface area (Å²) in [5.41, 5.74) is 7.67. The molecule has 2 N–H and O–H groups in total. The van der Waals surface area contributed by atoms with Gasteiger partial charge in [-0.2, -0.15) is 0 Å². The second kappa shape index (κ2) is 5.93. The normalized spacial score (nSPS) is 10.4. The molecule has 18 heavy (non-hydrogen) atoms. The molecule has 5 heteroatoms. The van der Waals surface area contributed by atoms with Gasteiger partial charge in [0.1, 0.15) is 0 Å². The van der Waals surface area contributed by atoms with Crippen LogP contribution >= 0.6 is 15.9 Å². The molecule has 0 unspecified atom stereocenters. The summed E-state index contributed by atoms with van der Waals surface area (Å²) >= 11 is 3.42.